The average molecular weight is 503 g/mol. The molecule has 2 aliphatic rings. The number of alkyl halides is 3. The Kier molecular flexibility index (Phi) is 5.44. The van der Waals surface area contributed by atoms with Crippen molar-refractivity contribution in [1.82, 2.24) is 19.1 Å². The van der Waals surface area contributed by atoms with Crippen LogP contribution in [0.4, 0.5) is 13.2 Å². The molecule has 1 saturated heterocycles. The number of Topliss-reactive ketones (excluding diaryl/α,β-unsaturated/α-hetero) is 1. The van der Waals surface area contributed by atoms with E-state index in [1.807, 2.05) is 12.1 Å². The van der Waals surface area contributed by atoms with E-state index in [-0.39, 0.29) is 31.7 Å². The van der Waals surface area contributed by atoms with Gasteiger partial charge in [-0.15, -0.1) is 0 Å². The summed E-state index contributed by atoms with van der Waals surface area (Å²) < 4.78 is 69.1. The topological polar surface area (TPSA) is 85.2 Å². The van der Waals surface area contributed by atoms with Crippen molar-refractivity contribution in [2.45, 2.75) is 30.8 Å². The van der Waals surface area contributed by atoms with Crippen molar-refractivity contribution >= 4 is 21.9 Å². The van der Waals surface area contributed by atoms with Gasteiger partial charge in [-0.1, -0.05) is 11.6 Å². The Morgan fingerprint density at radius 2 is 1.94 bits per heavy atom. The first-order chi connectivity index (χ1) is 16.5. The van der Waals surface area contributed by atoms with Gasteiger partial charge in [-0.25, -0.2) is 13.1 Å². The van der Waals surface area contributed by atoms with Crippen molar-refractivity contribution in [3.05, 3.63) is 77.4 Å². The molecule has 0 amide bonds. The van der Waals surface area contributed by atoms with Crippen molar-refractivity contribution in [2.75, 3.05) is 13.1 Å². The van der Waals surface area contributed by atoms with Crippen molar-refractivity contribution in [3.63, 3.8) is 0 Å². The fraction of sp³-hybridized carbons (Fsp3) is 0.292. The quantitative estimate of drug-likeness (QED) is 0.540. The minimum absolute atomic E-state index is 0.0514. The number of nitrogens with zero attached hydrogens (tertiary/aromatic N) is 4. The normalized spacial score (nSPS) is 20.6. The van der Waals surface area contributed by atoms with Gasteiger partial charge in [0.1, 0.15) is 5.78 Å². The molecule has 5 rings (SSSR count). The molecule has 0 saturated carbocycles. The SMILES string of the molecule is CC(=O)[C@]12Cc3cnn(-c4cccnc4)c3C=C1CCN(S(=O)(=O)c1cccc(C(F)(F)F)c1)C2. The number of sulfonamides is 1. The third-order valence-electron chi connectivity index (χ3n) is 6.74. The van der Waals surface area contributed by atoms with Gasteiger partial charge in [-0.05, 0) is 61.7 Å². The minimum Gasteiger partial charge on any atom is -0.299 e. The van der Waals surface area contributed by atoms with Crippen molar-refractivity contribution in [2.24, 2.45) is 5.41 Å². The molecule has 7 nitrogen and oxygen atoms in total. The summed E-state index contributed by atoms with van der Waals surface area (Å²) in [7, 11) is -4.26. The molecule has 1 aromatic carbocycles. The van der Waals surface area contributed by atoms with Gasteiger partial charge in [0.05, 0.1) is 39.6 Å². The molecule has 3 aromatic rings. The molecule has 0 N–H and O–H groups in total. The van der Waals surface area contributed by atoms with Gasteiger partial charge in [0.25, 0.3) is 0 Å². The first kappa shape index (κ1) is 23.4. The smallest absolute Gasteiger partial charge is 0.299 e. The van der Waals surface area contributed by atoms with Crippen LogP contribution < -0.4 is 0 Å². The molecule has 0 unspecified atom stereocenters. The molecule has 0 bridgehead atoms. The van der Waals surface area contributed by atoms with E-state index in [1.165, 1.54) is 6.92 Å². The van der Waals surface area contributed by atoms with E-state index < -0.39 is 32.1 Å². The van der Waals surface area contributed by atoms with Crippen LogP contribution >= 0.6 is 0 Å². The number of carbonyl (C=O) groups is 1. The molecule has 1 aliphatic carbocycles. The van der Waals surface area contributed by atoms with Crippen molar-refractivity contribution < 1.29 is 26.4 Å². The second-order valence-electron chi connectivity index (χ2n) is 8.78. The van der Waals surface area contributed by atoms with Crippen molar-refractivity contribution in [3.8, 4) is 5.69 Å². The second-order valence-corrected chi connectivity index (χ2v) is 10.7. The summed E-state index contributed by atoms with van der Waals surface area (Å²) in [4.78, 5) is 16.7. The van der Waals surface area contributed by atoms with E-state index in [0.717, 1.165) is 45.0 Å². The average Bonchev–Trinajstić information content (AvgIpc) is 3.24. The van der Waals surface area contributed by atoms with Gasteiger partial charge in [0, 0.05) is 19.3 Å². The zero-order chi connectivity index (χ0) is 25.0. The summed E-state index contributed by atoms with van der Waals surface area (Å²) in [6.07, 6.45) is 2.71. The van der Waals surface area contributed by atoms with Crippen LogP contribution in [0.3, 0.4) is 0 Å². The lowest BCUT2D eigenvalue weighted by atomic mass is 9.66. The number of carbonyl (C=O) groups excluding carboxylic acids is 1. The minimum atomic E-state index is -4.67. The fourth-order valence-electron chi connectivity index (χ4n) is 4.85. The third-order valence-corrected chi connectivity index (χ3v) is 8.59. The standard InChI is InChI=1S/C24H21F3N4O3S/c1-16(32)23-12-17-13-29-31(20-5-3-8-28-14-20)22(17)11-18(23)7-9-30(15-23)35(33,34)21-6-2-4-19(10-21)24(25,26)27/h2-6,8,10-11,13-14H,7,9,12,15H2,1H3/t23-/m1/s1. The van der Waals surface area contributed by atoms with Crippen LogP contribution in [0.15, 0.2) is 65.5 Å². The number of pyridine rings is 1. The number of aromatic nitrogens is 3. The maximum absolute atomic E-state index is 13.3. The summed E-state index contributed by atoms with van der Waals surface area (Å²) in [5.41, 5.74) is 0.986. The van der Waals surface area contributed by atoms with Crippen LogP contribution in [0.1, 0.15) is 30.2 Å². The van der Waals surface area contributed by atoms with Crippen LogP contribution in [0, 0.1) is 5.41 Å². The Morgan fingerprint density at radius 3 is 2.63 bits per heavy atom. The lowest BCUT2D eigenvalue weighted by Crippen LogP contribution is -2.52. The van der Waals surface area contributed by atoms with Gasteiger partial charge in [-0.2, -0.15) is 22.6 Å². The number of ketones is 1. The predicted molar refractivity (Wildman–Crippen MR) is 121 cm³/mol. The van der Waals surface area contributed by atoms with Crippen molar-refractivity contribution in [1.29, 1.82) is 0 Å². The van der Waals surface area contributed by atoms with E-state index in [1.54, 1.807) is 29.3 Å². The predicted octanol–water partition coefficient (Wildman–Crippen LogP) is 3.90. The highest BCUT2D eigenvalue weighted by atomic mass is 32.2. The first-order valence-corrected chi connectivity index (χ1v) is 12.3. The van der Waals surface area contributed by atoms with Gasteiger partial charge in [0.2, 0.25) is 10.0 Å². The summed E-state index contributed by atoms with van der Waals surface area (Å²) in [6.45, 7) is 1.32. The van der Waals surface area contributed by atoms with Crippen LogP contribution in [0.25, 0.3) is 11.8 Å². The molecule has 2 aromatic heterocycles. The maximum Gasteiger partial charge on any atom is 0.416 e. The molecule has 0 spiro atoms. The van der Waals surface area contributed by atoms with Gasteiger partial charge >= 0.3 is 6.18 Å². The number of halogens is 3. The van der Waals surface area contributed by atoms with E-state index in [4.69, 9.17) is 0 Å². The van der Waals surface area contributed by atoms with E-state index in [0.29, 0.717) is 6.07 Å². The van der Waals surface area contributed by atoms with Gasteiger partial charge < -0.3 is 0 Å². The summed E-state index contributed by atoms with van der Waals surface area (Å²) in [5, 5.41) is 4.45. The Bertz CT molecular complexity index is 1450. The molecular weight excluding hydrogens is 481 g/mol. The summed E-state index contributed by atoms with van der Waals surface area (Å²) >= 11 is 0. The zero-order valence-electron chi connectivity index (χ0n) is 18.7. The summed E-state index contributed by atoms with van der Waals surface area (Å²) in [6, 6.07) is 7.33. The second kappa shape index (κ2) is 8.13. The summed E-state index contributed by atoms with van der Waals surface area (Å²) in [5.74, 6) is -0.201. The van der Waals surface area contributed by atoms with Crippen LogP contribution in [-0.2, 0) is 27.4 Å². The van der Waals surface area contributed by atoms with E-state index >= 15 is 0 Å². The lowest BCUT2D eigenvalue weighted by molar-refractivity contribution is -0.137. The number of hydrogen-bond acceptors (Lipinski definition) is 5. The number of benzene rings is 1. The van der Waals surface area contributed by atoms with Crippen LogP contribution in [0.5, 0.6) is 0 Å². The highest BCUT2D eigenvalue weighted by molar-refractivity contribution is 7.89. The highest BCUT2D eigenvalue weighted by Gasteiger charge is 2.49. The molecule has 35 heavy (non-hydrogen) atoms. The zero-order valence-corrected chi connectivity index (χ0v) is 19.5. The Hall–Kier alpha value is -3.31. The number of rotatable bonds is 4. The molecule has 0 radical (unpaired) electrons. The first-order valence-electron chi connectivity index (χ1n) is 10.9. The monoisotopic (exact) mass is 502 g/mol. The fourth-order valence-corrected chi connectivity index (χ4v) is 6.40. The van der Waals surface area contributed by atoms with E-state index in [9.17, 15) is 26.4 Å². The number of piperidine rings is 1. The molecule has 11 heteroatoms. The lowest BCUT2D eigenvalue weighted by Gasteiger charge is -2.44. The molecule has 182 valence electrons. The molecule has 1 aliphatic heterocycles. The third kappa shape index (κ3) is 3.88. The van der Waals surface area contributed by atoms with Gasteiger partial charge in [0.15, 0.2) is 0 Å². The Morgan fingerprint density at radius 1 is 1.14 bits per heavy atom. The van der Waals surface area contributed by atoms with Crippen LogP contribution in [-0.4, -0.2) is 46.4 Å². The molecule has 1 atom stereocenters. The highest BCUT2D eigenvalue weighted by Crippen LogP contribution is 2.46. The Labute approximate surface area is 199 Å². The largest absolute Gasteiger partial charge is 0.416 e. The van der Waals surface area contributed by atoms with Gasteiger partial charge in [-0.3, -0.25) is 9.78 Å². The number of fused-ring (bicyclic) bond motifs is 2. The maximum atomic E-state index is 13.3. The van der Waals surface area contributed by atoms with E-state index in [2.05, 4.69) is 10.1 Å². The molecule has 3 heterocycles. The number of hydrogen-bond donors (Lipinski definition) is 0. The Balaban J connectivity index is 1.52. The molecular formula is C24H21F3N4O3S. The van der Waals surface area contributed by atoms with Crippen LogP contribution in [0.2, 0.25) is 0 Å². The molecule has 1 fully saturated rings.